The van der Waals surface area contributed by atoms with E-state index < -0.39 is 6.09 Å². The SMILES string of the molecule is O=C(O)N1CCN(C(=O)C(Cc2ccccc2Cl)CN2CCC3(CC2)OCc2ccccc23)CC1. The van der Waals surface area contributed by atoms with Crippen LogP contribution in [0.4, 0.5) is 4.79 Å². The molecule has 1 spiro atoms. The first-order valence-electron chi connectivity index (χ1n) is 12.4. The summed E-state index contributed by atoms with van der Waals surface area (Å²) in [6.07, 6.45) is 1.46. The number of halogens is 1. The molecule has 0 aliphatic carbocycles. The number of fused-ring (bicyclic) bond motifs is 2. The van der Waals surface area contributed by atoms with Crippen molar-refractivity contribution >= 4 is 23.6 Å². The van der Waals surface area contributed by atoms with Crippen molar-refractivity contribution in [3.63, 3.8) is 0 Å². The van der Waals surface area contributed by atoms with E-state index in [9.17, 15) is 14.7 Å². The molecule has 0 radical (unpaired) electrons. The molecule has 2 amide bonds. The molecular formula is C27H32ClN3O4. The van der Waals surface area contributed by atoms with Crippen molar-refractivity contribution in [1.82, 2.24) is 14.7 Å². The van der Waals surface area contributed by atoms with Crippen molar-refractivity contribution in [2.75, 3.05) is 45.8 Å². The molecule has 5 rings (SSSR count). The standard InChI is InChI=1S/C27H32ClN3O4/c28-24-8-4-2-5-20(24)17-22(25(32)30-13-15-31(16-14-30)26(33)34)18-29-11-9-27(10-12-29)23-7-3-1-6-21(23)19-35-27/h1-8,22H,9-19H2,(H,33,34). The highest BCUT2D eigenvalue weighted by atomic mass is 35.5. The molecule has 1 atom stereocenters. The number of nitrogens with zero attached hydrogens (tertiary/aromatic N) is 3. The number of carbonyl (C=O) groups is 2. The second-order valence-electron chi connectivity index (χ2n) is 9.83. The van der Waals surface area contributed by atoms with Gasteiger partial charge in [-0.1, -0.05) is 54.1 Å². The van der Waals surface area contributed by atoms with Gasteiger partial charge in [-0.25, -0.2) is 4.79 Å². The molecule has 1 unspecified atom stereocenters. The van der Waals surface area contributed by atoms with E-state index in [0.717, 1.165) is 31.5 Å². The molecule has 3 heterocycles. The predicted molar refractivity (Wildman–Crippen MR) is 133 cm³/mol. The van der Waals surface area contributed by atoms with E-state index in [1.54, 1.807) is 0 Å². The van der Waals surface area contributed by atoms with E-state index in [0.29, 0.717) is 50.8 Å². The minimum Gasteiger partial charge on any atom is -0.465 e. The van der Waals surface area contributed by atoms with Gasteiger partial charge in [-0.05, 0) is 42.0 Å². The number of amides is 2. The fraction of sp³-hybridized carbons (Fsp3) is 0.481. The van der Waals surface area contributed by atoms with Crippen molar-refractivity contribution in [3.05, 3.63) is 70.2 Å². The number of hydrogen-bond acceptors (Lipinski definition) is 4. The molecule has 0 bridgehead atoms. The molecule has 2 aromatic rings. The molecule has 2 fully saturated rings. The van der Waals surface area contributed by atoms with Gasteiger partial charge >= 0.3 is 6.09 Å². The van der Waals surface area contributed by atoms with Crippen molar-refractivity contribution in [1.29, 1.82) is 0 Å². The van der Waals surface area contributed by atoms with Crippen LogP contribution >= 0.6 is 11.6 Å². The van der Waals surface area contributed by atoms with Gasteiger partial charge < -0.3 is 24.5 Å². The van der Waals surface area contributed by atoms with Gasteiger partial charge in [0.25, 0.3) is 0 Å². The lowest BCUT2D eigenvalue weighted by atomic mass is 9.83. The molecule has 2 aromatic carbocycles. The van der Waals surface area contributed by atoms with Crippen molar-refractivity contribution in [2.24, 2.45) is 5.92 Å². The Morgan fingerprint density at radius 3 is 2.31 bits per heavy atom. The van der Waals surface area contributed by atoms with E-state index in [1.165, 1.54) is 16.0 Å². The molecule has 1 N–H and O–H groups in total. The Kier molecular flexibility index (Phi) is 7.00. The Labute approximate surface area is 211 Å². The smallest absolute Gasteiger partial charge is 0.407 e. The van der Waals surface area contributed by atoms with Crippen LogP contribution in [-0.2, 0) is 28.2 Å². The predicted octanol–water partition coefficient (Wildman–Crippen LogP) is 3.84. The van der Waals surface area contributed by atoms with Gasteiger partial charge in [0.05, 0.1) is 18.1 Å². The lowest BCUT2D eigenvalue weighted by molar-refractivity contribution is -0.138. The zero-order chi connectivity index (χ0) is 24.4. The van der Waals surface area contributed by atoms with Gasteiger partial charge in [-0.3, -0.25) is 4.79 Å². The van der Waals surface area contributed by atoms with Crippen LogP contribution in [0.5, 0.6) is 0 Å². The molecule has 35 heavy (non-hydrogen) atoms. The van der Waals surface area contributed by atoms with Gasteiger partial charge in [0.15, 0.2) is 0 Å². The highest BCUT2D eigenvalue weighted by Crippen LogP contribution is 2.44. The van der Waals surface area contributed by atoms with Crippen LogP contribution in [0.25, 0.3) is 0 Å². The van der Waals surface area contributed by atoms with Crippen LogP contribution in [0, 0.1) is 5.92 Å². The van der Waals surface area contributed by atoms with E-state index in [2.05, 4.69) is 29.2 Å². The molecule has 0 saturated carbocycles. The average molecular weight is 498 g/mol. The summed E-state index contributed by atoms with van der Waals surface area (Å²) in [5.74, 6) is -0.158. The van der Waals surface area contributed by atoms with Gasteiger partial charge in [-0.15, -0.1) is 0 Å². The van der Waals surface area contributed by atoms with E-state index in [4.69, 9.17) is 16.3 Å². The van der Waals surface area contributed by atoms with Crippen molar-refractivity contribution in [3.8, 4) is 0 Å². The van der Waals surface area contributed by atoms with Gasteiger partial charge in [-0.2, -0.15) is 0 Å². The normalized spacial score (nSPS) is 20.6. The summed E-state index contributed by atoms with van der Waals surface area (Å²) in [6, 6.07) is 16.2. The summed E-state index contributed by atoms with van der Waals surface area (Å²) in [7, 11) is 0. The zero-order valence-corrected chi connectivity index (χ0v) is 20.6. The summed E-state index contributed by atoms with van der Waals surface area (Å²) < 4.78 is 6.32. The Morgan fingerprint density at radius 2 is 1.60 bits per heavy atom. The third-order valence-corrected chi connectivity index (χ3v) is 8.16. The zero-order valence-electron chi connectivity index (χ0n) is 19.9. The van der Waals surface area contributed by atoms with Crippen molar-refractivity contribution < 1.29 is 19.4 Å². The van der Waals surface area contributed by atoms with Crippen LogP contribution in [-0.4, -0.2) is 77.6 Å². The largest absolute Gasteiger partial charge is 0.465 e. The quantitative estimate of drug-likeness (QED) is 0.679. The number of hydrogen-bond donors (Lipinski definition) is 1. The Balaban J connectivity index is 1.27. The molecule has 186 valence electrons. The van der Waals surface area contributed by atoms with Crippen molar-refractivity contribution in [2.45, 2.75) is 31.5 Å². The lowest BCUT2D eigenvalue weighted by Crippen LogP contribution is -2.53. The lowest BCUT2D eigenvalue weighted by Gasteiger charge is -2.41. The minimum absolute atomic E-state index is 0.0812. The minimum atomic E-state index is -0.928. The number of rotatable bonds is 5. The highest BCUT2D eigenvalue weighted by Gasteiger charge is 2.43. The molecule has 3 aliphatic heterocycles. The third-order valence-electron chi connectivity index (χ3n) is 7.79. The number of carboxylic acid groups (broad SMARTS) is 1. The number of carbonyl (C=O) groups excluding carboxylic acids is 1. The first-order chi connectivity index (χ1) is 16.9. The Morgan fingerprint density at radius 1 is 0.943 bits per heavy atom. The average Bonchev–Trinajstić information content (AvgIpc) is 3.24. The Hall–Kier alpha value is -2.61. The second-order valence-corrected chi connectivity index (χ2v) is 10.2. The Bertz CT molecular complexity index is 1080. The molecule has 8 heteroatoms. The van der Waals surface area contributed by atoms with Gasteiger partial charge in [0.1, 0.15) is 0 Å². The maximum absolute atomic E-state index is 13.6. The van der Waals surface area contributed by atoms with Crippen LogP contribution in [0.15, 0.2) is 48.5 Å². The summed E-state index contributed by atoms with van der Waals surface area (Å²) in [6.45, 7) is 4.62. The topological polar surface area (TPSA) is 73.3 Å². The summed E-state index contributed by atoms with van der Waals surface area (Å²) in [5.41, 5.74) is 3.37. The molecule has 2 saturated heterocycles. The first-order valence-corrected chi connectivity index (χ1v) is 12.8. The number of ether oxygens (including phenoxy) is 1. The molecule has 0 aromatic heterocycles. The monoisotopic (exact) mass is 497 g/mol. The van der Waals surface area contributed by atoms with Gasteiger partial charge in [0.2, 0.25) is 5.91 Å². The number of benzene rings is 2. The number of likely N-dealkylation sites (tertiary alicyclic amines) is 1. The van der Waals surface area contributed by atoms with Gasteiger partial charge in [0, 0.05) is 50.8 Å². The van der Waals surface area contributed by atoms with Crippen LogP contribution in [0.3, 0.4) is 0 Å². The van der Waals surface area contributed by atoms with Crippen LogP contribution in [0.1, 0.15) is 29.5 Å². The van der Waals surface area contributed by atoms with Crippen LogP contribution in [0.2, 0.25) is 5.02 Å². The van der Waals surface area contributed by atoms with E-state index in [-0.39, 0.29) is 17.4 Å². The van der Waals surface area contributed by atoms with Crippen LogP contribution < -0.4 is 0 Å². The summed E-state index contributed by atoms with van der Waals surface area (Å²) in [5, 5.41) is 9.93. The van der Waals surface area contributed by atoms with E-state index in [1.807, 2.05) is 29.2 Å². The second kappa shape index (κ2) is 10.2. The number of piperazine rings is 1. The molecule has 7 nitrogen and oxygen atoms in total. The number of piperidine rings is 1. The molecular weight excluding hydrogens is 466 g/mol. The maximum atomic E-state index is 13.6. The van der Waals surface area contributed by atoms with E-state index >= 15 is 0 Å². The fourth-order valence-corrected chi connectivity index (χ4v) is 5.96. The maximum Gasteiger partial charge on any atom is 0.407 e. The molecule has 3 aliphatic rings. The third kappa shape index (κ3) is 5.03. The highest BCUT2D eigenvalue weighted by molar-refractivity contribution is 6.31. The summed E-state index contributed by atoms with van der Waals surface area (Å²) >= 11 is 6.46. The summed E-state index contributed by atoms with van der Waals surface area (Å²) in [4.78, 5) is 30.5. The fourth-order valence-electron chi connectivity index (χ4n) is 5.74. The first kappa shape index (κ1) is 24.1.